The minimum Gasteiger partial charge on any atom is -0.471 e. The summed E-state index contributed by atoms with van der Waals surface area (Å²) in [5, 5.41) is 11.4. The second-order valence-electron chi connectivity index (χ2n) is 6.88. The Labute approximate surface area is 143 Å². The largest absolute Gasteiger partial charge is 0.471 e. The van der Waals surface area contributed by atoms with Gasteiger partial charge in [-0.1, -0.05) is 12.8 Å². The monoisotopic (exact) mass is 333 g/mol. The van der Waals surface area contributed by atoms with Gasteiger partial charge in [-0.3, -0.25) is 0 Å². The van der Waals surface area contributed by atoms with Crippen LogP contribution in [0.2, 0.25) is 0 Å². The Kier molecular flexibility index (Phi) is 5.37. The third-order valence-electron chi connectivity index (χ3n) is 4.72. The molecule has 2 aliphatic rings. The number of hydrogen-bond acceptors (Lipinski definition) is 5. The average Bonchev–Trinajstić information content (AvgIpc) is 3.08. The molecule has 0 radical (unpaired) electrons. The van der Waals surface area contributed by atoms with Crippen molar-refractivity contribution in [3.63, 3.8) is 0 Å². The number of amides is 2. The first-order chi connectivity index (χ1) is 11.6. The number of urea groups is 1. The van der Waals surface area contributed by atoms with Crippen molar-refractivity contribution in [2.45, 2.75) is 50.7 Å². The number of likely N-dealkylation sites (tertiary alicyclic amines) is 1. The van der Waals surface area contributed by atoms with Crippen molar-refractivity contribution in [3.8, 4) is 5.88 Å². The van der Waals surface area contributed by atoms with Crippen molar-refractivity contribution in [2.24, 2.45) is 0 Å². The van der Waals surface area contributed by atoms with E-state index in [0.717, 1.165) is 38.0 Å². The maximum atomic E-state index is 12.4. The molecule has 1 aliphatic carbocycles. The molecule has 0 spiro atoms. The van der Waals surface area contributed by atoms with Crippen LogP contribution in [0.5, 0.6) is 5.88 Å². The quantitative estimate of drug-likeness (QED) is 0.913. The molecule has 132 valence electrons. The van der Waals surface area contributed by atoms with E-state index >= 15 is 0 Å². The number of nitrogens with zero attached hydrogens (tertiary/aromatic N) is 4. The van der Waals surface area contributed by atoms with Gasteiger partial charge in [-0.05, 0) is 31.7 Å². The van der Waals surface area contributed by atoms with Gasteiger partial charge < -0.3 is 19.9 Å². The lowest BCUT2D eigenvalue weighted by atomic mass is 10.1. The molecule has 1 atom stereocenters. The molecule has 0 aromatic carbocycles. The molecule has 7 heteroatoms. The van der Waals surface area contributed by atoms with E-state index in [2.05, 4.69) is 15.5 Å². The van der Waals surface area contributed by atoms with Gasteiger partial charge in [0, 0.05) is 32.7 Å². The summed E-state index contributed by atoms with van der Waals surface area (Å²) in [6, 6.07) is 4.11. The van der Waals surface area contributed by atoms with Crippen LogP contribution < -0.4 is 15.0 Å². The fraction of sp³-hybridized carbons (Fsp3) is 0.706. The summed E-state index contributed by atoms with van der Waals surface area (Å²) in [4.78, 5) is 16.2. The SMILES string of the molecule is CN(C)c1ccc(OC2CCCN(C(=O)NC3CCCC3)C2)nn1. The molecule has 1 unspecified atom stereocenters. The van der Waals surface area contributed by atoms with E-state index in [9.17, 15) is 4.79 Å². The molecule has 1 saturated heterocycles. The lowest BCUT2D eigenvalue weighted by Gasteiger charge is -2.33. The van der Waals surface area contributed by atoms with Crippen LogP contribution in [0.1, 0.15) is 38.5 Å². The third-order valence-corrected chi connectivity index (χ3v) is 4.72. The number of aromatic nitrogens is 2. The minimum absolute atomic E-state index is 0.0208. The van der Waals surface area contributed by atoms with Crippen molar-refractivity contribution in [1.29, 1.82) is 0 Å². The Morgan fingerprint density at radius 2 is 2.00 bits per heavy atom. The van der Waals surface area contributed by atoms with Crippen LogP contribution in [0, 0.1) is 0 Å². The van der Waals surface area contributed by atoms with E-state index < -0.39 is 0 Å². The molecule has 1 aliphatic heterocycles. The fourth-order valence-corrected chi connectivity index (χ4v) is 3.34. The Morgan fingerprint density at radius 3 is 2.67 bits per heavy atom. The lowest BCUT2D eigenvalue weighted by Crippen LogP contribution is -2.50. The number of anilines is 1. The molecular formula is C17H27N5O2. The van der Waals surface area contributed by atoms with E-state index in [1.54, 1.807) is 0 Å². The zero-order valence-electron chi connectivity index (χ0n) is 14.6. The number of ether oxygens (including phenoxy) is 1. The van der Waals surface area contributed by atoms with Gasteiger partial charge in [0.15, 0.2) is 5.82 Å². The maximum absolute atomic E-state index is 12.4. The fourth-order valence-electron chi connectivity index (χ4n) is 3.34. The van der Waals surface area contributed by atoms with Crippen LogP contribution in [0.4, 0.5) is 10.6 Å². The highest BCUT2D eigenvalue weighted by atomic mass is 16.5. The smallest absolute Gasteiger partial charge is 0.317 e. The third kappa shape index (κ3) is 4.27. The van der Waals surface area contributed by atoms with Crippen molar-refractivity contribution < 1.29 is 9.53 Å². The molecule has 2 heterocycles. The number of rotatable bonds is 4. The first-order valence-corrected chi connectivity index (χ1v) is 8.85. The van der Waals surface area contributed by atoms with Crippen molar-refractivity contribution in [3.05, 3.63) is 12.1 Å². The molecular weight excluding hydrogens is 306 g/mol. The number of hydrogen-bond donors (Lipinski definition) is 1. The molecule has 24 heavy (non-hydrogen) atoms. The van der Waals surface area contributed by atoms with Crippen LogP contribution in [-0.2, 0) is 0 Å². The average molecular weight is 333 g/mol. The topological polar surface area (TPSA) is 70.6 Å². The van der Waals surface area contributed by atoms with Gasteiger partial charge in [-0.15, -0.1) is 10.2 Å². The Bertz CT molecular complexity index is 542. The second-order valence-corrected chi connectivity index (χ2v) is 6.88. The standard InChI is InChI=1S/C17H27N5O2/c1-21(2)15-9-10-16(20-19-15)24-14-8-5-11-22(12-14)17(23)18-13-6-3-4-7-13/h9-10,13-14H,3-8,11-12H2,1-2H3,(H,18,23). The number of carbonyl (C=O) groups is 1. The molecule has 1 N–H and O–H groups in total. The summed E-state index contributed by atoms with van der Waals surface area (Å²) in [6.07, 6.45) is 6.51. The van der Waals surface area contributed by atoms with Gasteiger partial charge in [0.25, 0.3) is 0 Å². The van der Waals surface area contributed by atoms with Crippen molar-refractivity contribution in [2.75, 3.05) is 32.1 Å². The van der Waals surface area contributed by atoms with Gasteiger partial charge in [0.1, 0.15) is 6.10 Å². The van der Waals surface area contributed by atoms with Crippen molar-refractivity contribution in [1.82, 2.24) is 20.4 Å². The Balaban J connectivity index is 1.52. The zero-order valence-corrected chi connectivity index (χ0v) is 14.6. The van der Waals surface area contributed by atoms with E-state index in [-0.39, 0.29) is 12.1 Å². The van der Waals surface area contributed by atoms with Gasteiger partial charge in [-0.2, -0.15) is 0 Å². The predicted molar refractivity (Wildman–Crippen MR) is 92.4 cm³/mol. The Morgan fingerprint density at radius 1 is 1.21 bits per heavy atom. The van der Waals surface area contributed by atoms with Gasteiger partial charge >= 0.3 is 6.03 Å². The number of carbonyl (C=O) groups excluding carboxylic acids is 1. The molecule has 1 saturated carbocycles. The van der Waals surface area contributed by atoms with Crippen molar-refractivity contribution >= 4 is 11.8 Å². The highest BCUT2D eigenvalue weighted by Gasteiger charge is 2.27. The molecule has 3 rings (SSSR count). The maximum Gasteiger partial charge on any atom is 0.317 e. The van der Waals surface area contributed by atoms with Crippen LogP contribution in [0.25, 0.3) is 0 Å². The van der Waals surface area contributed by atoms with Gasteiger partial charge in [0.05, 0.1) is 6.54 Å². The first kappa shape index (κ1) is 16.8. The molecule has 0 bridgehead atoms. The Hall–Kier alpha value is -2.05. The summed E-state index contributed by atoms with van der Waals surface area (Å²) in [6.45, 7) is 1.40. The van der Waals surface area contributed by atoms with Crippen LogP contribution in [0.15, 0.2) is 12.1 Å². The zero-order chi connectivity index (χ0) is 16.9. The van der Waals surface area contributed by atoms with E-state index in [0.29, 0.717) is 18.5 Å². The van der Waals surface area contributed by atoms with Gasteiger partial charge in [0.2, 0.25) is 5.88 Å². The molecule has 1 aromatic rings. The summed E-state index contributed by atoms with van der Waals surface area (Å²) in [5.41, 5.74) is 0. The summed E-state index contributed by atoms with van der Waals surface area (Å²) in [7, 11) is 3.85. The second kappa shape index (κ2) is 7.68. The summed E-state index contributed by atoms with van der Waals surface area (Å²) in [5.74, 6) is 1.31. The van der Waals surface area contributed by atoms with Gasteiger partial charge in [-0.25, -0.2) is 4.79 Å². The van der Waals surface area contributed by atoms with Crippen LogP contribution >= 0.6 is 0 Å². The van der Waals surface area contributed by atoms with Crippen LogP contribution in [0.3, 0.4) is 0 Å². The molecule has 1 aromatic heterocycles. The molecule has 7 nitrogen and oxygen atoms in total. The highest BCUT2D eigenvalue weighted by molar-refractivity contribution is 5.74. The molecule has 2 fully saturated rings. The van der Waals surface area contributed by atoms with Crippen LogP contribution in [-0.4, -0.2) is 60.5 Å². The first-order valence-electron chi connectivity index (χ1n) is 8.85. The van der Waals surface area contributed by atoms with E-state index in [1.807, 2.05) is 36.0 Å². The summed E-state index contributed by atoms with van der Waals surface area (Å²) < 4.78 is 5.93. The van der Waals surface area contributed by atoms with E-state index in [4.69, 9.17) is 4.74 Å². The normalized spacial score (nSPS) is 21.6. The minimum atomic E-state index is -0.0208. The molecule has 2 amide bonds. The highest BCUT2D eigenvalue weighted by Crippen LogP contribution is 2.20. The van der Waals surface area contributed by atoms with E-state index in [1.165, 1.54) is 12.8 Å². The lowest BCUT2D eigenvalue weighted by molar-refractivity contribution is 0.0960. The predicted octanol–water partition coefficient (Wildman–Crippen LogP) is 2.04. The number of piperidine rings is 1. The summed E-state index contributed by atoms with van der Waals surface area (Å²) >= 11 is 0. The number of nitrogens with one attached hydrogen (secondary N) is 1.